The third-order valence-electron chi connectivity index (χ3n) is 2.10. The van der Waals surface area contributed by atoms with Crippen molar-refractivity contribution in [3.8, 4) is 0 Å². The highest BCUT2D eigenvalue weighted by atomic mass is 35.5. The van der Waals surface area contributed by atoms with Crippen LogP contribution in [0.1, 0.15) is 20.7 Å². The summed E-state index contributed by atoms with van der Waals surface area (Å²) >= 11 is 23.3. The molecule has 0 unspecified atom stereocenters. The van der Waals surface area contributed by atoms with Gasteiger partial charge in [0.05, 0.1) is 31.2 Å². The van der Waals surface area contributed by atoms with Crippen LogP contribution in [0.15, 0.2) is 0 Å². The lowest BCUT2D eigenvalue weighted by atomic mass is 10.1. The first-order valence-electron chi connectivity index (χ1n) is 3.83. The van der Waals surface area contributed by atoms with Crippen LogP contribution in [0.25, 0.3) is 0 Å². The fourth-order valence-electron chi connectivity index (χ4n) is 1.35. The van der Waals surface area contributed by atoms with Crippen molar-refractivity contribution < 1.29 is 9.59 Å². The van der Waals surface area contributed by atoms with E-state index < -0.39 is 11.8 Å². The normalized spacial score (nSPS) is 14.7. The Hall–Kier alpha value is -0.263. The SMILES string of the molecule is O=C1c2c(Cl)c(Cl)c(Cl)c(Cl)c2C(=O)N1[Si]. The average Bonchev–Trinajstić information content (AvgIpc) is 2.48. The number of benzene rings is 1. The van der Waals surface area contributed by atoms with E-state index in [0.29, 0.717) is 0 Å². The number of imide groups is 1. The highest BCUT2D eigenvalue weighted by Gasteiger charge is 2.39. The molecule has 2 amide bonds. The summed E-state index contributed by atoms with van der Waals surface area (Å²) in [6.45, 7) is 0. The van der Waals surface area contributed by atoms with Gasteiger partial charge in [-0.1, -0.05) is 46.4 Å². The van der Waals surface area contributed by atoms with Crippen molar-refractivity contribution in [3.63, 3.8) is 0 Å². The quantitative estimate of drug-likeness (QED) is 0.320. The fraction of sp³-hybridized carbons (Fsp3) is 0. The number of carbonyl (C=O) groups is 2. The number of hydrogen-bond acceptors (Lipinski definition) is 2. The molecule has 2 rings (SSSR count). The van der Waals surface area contributed by atoms with Gasteiger partial charge in [-0.05, 0) is 0 Å². The van der Waals surface area contributed by atoms with Gasteiger partial charge in [-0.3, -0.25) is 9.59 Å². The minimum atomic E-state index is -0.623. The van der Waals surface area contributed by atoms with E-state index >= 15 is 0 Å². The van der Waals surface area contributed by atoms with E-state index in [9.17, 15) is 9.59 Å². The standard InChI is InChI=1S/C8Cl4NO2Si/c9-3-1-2(4(10)6(12)5(3)11)8(15)13(16)7(1)14. The average molecular weight is 312 g/mol. The Kier molecular flexibility index (Phi) is 2.97. The number of fused-ring (bicyclic) bond motifs is 1. The Bertz CT molecular complexity index is 499. The van der Waals surface area contributed by atoms with Crippen molar-refractivity contribution >= 4 is 68.6 Å². The van der Waals surface area contributed by atoms with Crippen molar-refractivity contribution in [1.29, 1.82) is 0 Å². The van der Waals surface area contributed by atoms with Gasteiger partial charge in [0.1, 0.15) is 0 Å². The third kappa shape index (κ3) is 1.41. The number of nitrogens with zero attached hydrogens (tertiary/aromatic N) is 1. The topological polar surface area (TPSA) is 37.4 Å². The maximum atomic E-state index is 11.7. The zero-order valence-electron chi connectivity index (χ0n) is 7.28. The van der Waals surface area contributed by atoms with E-state index in [-0.39, 0.29) is 31.2 Å². The molecule has 1 aromatic rings. The smallest absolute Gasteiger partial charge is 0.254 e. The molecule has 0 aromatic heterocycles. The summed E-state index contributed by atoms with van der Waals surface area (Å²) in [7, 11) is 2.85. The molecule has 1 aliphatic rings. The van der Waals surface area contributed by atoms with Gasteiger partial charge in [0.15, 0.2) is 0 Å². The lowest BCUT2D eigenvalue weighted by Gasteiger charge is -2.06. The molecule has 3 nitrogen and oxygen atoms in total. The second-order valence-corrected chi connectivity index (χ2v) is 4.91. The molecule has 0 saturated heterocycles. The number of amides is 2. The number of carbonyl (C=O) groups excluding carboxylic acids is 2. The van der Waals surface area contributed by atoms with Gasteiger partial charge >= 0.3 is 0 Å². The Morgan fingerprint density at radius 1 is 0.750 bits per heavy atom. The van der Waals surface area contributed by atoms with Gasteiger partial charge in [0.2, 0.25) is 10.4 Å². The van der Waals surface area contributed by atoms with Crippen LogP contribution in [-0.4, -0.2) is 26.8 Å². The lowest BCUT2D eigenvalue weighted by Crippen LogP contribution is -2.26. The molecular weight excluding hydrogens is 312 g/mol. The summed E-state index contributed by atoms with van der Waals surface area (Å²) in [6.07, 6.45) is 0. The zero-order chi connectivity index (χ0) is 12.2. The van der Waals surface area contributed by atoms with Crippen LogP contribution < -0.4 is 0 Å². The zero-order valence-corrected chi connectivity index (χ0v) is 11.3. The number of halogens is 4. The molecule has 0 N–H and O–H groups in total. The largest absolute Gasteiger partial charge is 0.305 e. The second kappa shape index (κ2) is 3.89. The van der Waals surface area contributed by atoms with Crippen LogP contribution in [0.4, 0.5) is 0 Å². The van der Waals surface area contributed by atoms with Crippen molar-refractivity contribution in [2.75, 3.05) is 0 Å². The van der Waals surface area contributed by atoms with Crippen LogP contribution in [0.5, 0.6) is 0 Å². The first-order valence-corrected chi connectivity index (χ1v) is 5.79. The van der Waals surface area contributed by atoms with Crippen LogP contribution in [0, 0.1) is 0 Å². The second-order valence-electron chi connectivity index (χ2n) is 2.95. The van der Waals surface area contributed by atoms with Crippen LogP contribution in [-0.2, 0) is 0 Å². The predicted octanol–water partition coefficient (Wildman–Crippen LogP) is 2.98. The molecule has 0 spiro atoms. The Morgan fingerprint density at radius 2 is 1.06 bits per heavy atom. The summed E-state index contributed by atoms with van der Waals surface area (Å²) in [5.74, 6) is -1.25. The Labute approximate surface area is 114 Å². The molecule has 1 aromatic carbocycles. The van der Waals surface area contributed by atoms with E-state index in [4.69, 9.17) is 46.4 Å². The van der Waals surface area contributed by atoms with E-state index in [1.165, 1.54) is 0 Å². The van der Waals surface area contributed by atoms with E-state index in [1.54, 1.807) is 0 Å². The van der Waals surface area contributed by atoms with Gasteiger partial charge in [0, 0.05) is 0 Å². The lowest BCUT2D eigenvalue weighted by molar-refractivity contribution is 0.0766. The highest BCUT2D eigenvalue weighted by molar-refractivity contribution is 6.56. The molecule has 3 radical (unpaired) electrons. The maximum Gasteiger partial charge on any atom is 0.254 e. The van der Waals surface area contributed by atoms with Crippen LogP contribution in [0.3, 0.4) is 0 Å². The monoisotopic (exact) mass is 310 g/mol. The van der Waals surface area contributed by atoms with Gasteiger partial charge in [-0.25, -0.2) is 0 Å². The summed E-state index contributed by atoms with van der Waals surface area (Å²) in [4.78, 5) is 23.3. The molecule has 1 aliphatic heterocycles. The van der Waals surface area contributed by atoms with Crippen molar-refractivity contribution in [1.82, 2.24) is 4.57 Å². The van der Waals surface area contributed by atoms with Crippen molar-refractivity contribution in [2.45, 2.75) is 0 Å². The highest BCUT2D eigenvalue weighted by Crippen LogP contribution is 2.44. The van der Waals surface area contributed by atoms with E-state index in [1.807, 2.05) is 0 Å². The first-order chi connectivity index (χ1) is 7.37. The Morgan fingerprint density at radius 3 is 1.38 bits per heavy atom. The summed E-state index contributed by atoms with van der Waals surface area (Å²) in [5.41, 5.74) is -0.0814. The fourth-order valence-corrected chi connectivity index (χ4v) is 2.59. The molecular formula is C8Cl4NO2Si. The summed E-state index contributed by atoms with van der Waals surface area (Å²) in [5, 5.41) is -0.249. The van der Waals surface area contributed by atoms with Gasteiger partial charge < -0.3 is 4.57 Å². The molecule has 0 bridgehead atoms. The molecule has 0 fully saturated rings. The summed E-state index contributed by atoms with van der Waals surface area (Å²) in [6, 6.07) is 0. The van der Waals surface area contributed by atoms with Crippen molar-refractivity contribution in [3.05, 3.63) is 31.2 Å². The molecule has 1 heterocycles. The van der Waals surface area contributed by atoms with E-state index in [2.05, 4.69) is 10.4 Å². The molecule has 0 aliphatic carbocycles. The van der Waals surface area contributed by atoms with Gasteiger partial charge in [-0.15, -0.1) is 0 Å². The van der Waals surface area contributed by atoms with Crippen LogP contribution >= 0.6 is 46.4 Å². The maximum absolute atomic E-state index is 11.7. The molecule has 0 saturated carbocycles. The van der Waals surface area contributed by atoms with Gasteiger partial charge in [0.25, 0.3) is 11.8 Å². The molecule has 16 heavy (non-hydrogen) atoms. The Balaban J connectivity index is 2.91. The molecule has 81 valence electrons. The van der Waals surface area contributed by atoms with Gasteiger partial charge in [-0.2, -0.15) is 0 Å². The van der Waals surface area contributed by atoms with E-state index in [0.717, 1.165) is 4.57 Å². The minimum absolute atomic E-state index is 0.0407. The minimum Gasteiger partial charge on any atom is -0.305 e. The first kappa shape index (κ1) is 12.2. The summed E-state index contributed by atoms with van der Waals surface area (Å²) < 4.78 is 0.717. The third-order valence-corrected chi connectivity index (χ3v) is 4.31. The molecule has 8 heteroatoms. The predicted molar refractivity (Wildman–Crippen MR) is 62.7 cm³/mol. The van der Waals surface area contributed by atoms with Crippen molar-refractivity contribution in [2.24, 2.45) is 0 Å². The molecule has 0 atom stereocenters. The number of rotatable bonds is 0. The number of hydrogen-bond donors (Lipinski definition) is 0. The van der Waals surface area contributed by atoms with Crippen LogP contribution in [0.2, 0.25) is 20.1 Å².